The normalized spacial score (nSPS) is 11.0. The molecule has 0 atom stereocenters. The maximum atomic E-state index is 12.3. The maximum absolute atomic E-state index is 12.3. The van der Waals surface area contributed by atoms with E-state index in [1.165, 1.54) is 0 Å². The second-order valence-corrected chi connectivity index (χ2v) is 5.13. The standard InChI is InChI=1S/C17H17ClN2O/c1-13(18)11-12-19-16-10-6-5-9-15(16)17(21)20-14-7-3-2-4-8-14/h2-11,19H,12H2,1H3,(H,20,21). The molecular formula is C17H17ClN2O. The quantitative estimate of drug-likeness (QED) is 0.854. The number of rotatable bonds is 5. The average molecular weight is 301 g/mol. The smallest absolute Gasteiger partial charge is 0.257 e. The van der Waals surface area contributed by atoms with E-state index in [0.717, 1.165) is 11.4 Å². The summed E-state index contributed by atoms with van der Waals surface area (Å²) in [5.74, 6) is -0.143. The van der Waals surface area contributed by atoms with Gasteiger partial charge in [-0.15, -0.1) is 0 Å². The number of para-hydroxylation sites is 2. The molecule has 2 aromatic carbocycles. The highest BCUT2D eigenvalue weighted by molar-refractivity contribution is 6.29. The minimum Gasteiger partial charge on any atom is -0.381 e. The van der Waals surface area contributed by atoms with Crippen LogP contribution in [-0.2, 0) is 0 Å². The SMILES string of the molecule is CC(Cl)=CCNc1ccccc1C(=O)Nc1ccccc1. The largest absolute Gasteiger partial charge is 0.381 e. The number of anilines is 2. The number of halogens is 1. The van der Waals surface area contributed by atoms with Crippen molar-refractivity contribution in [2.75, 3.05) is 17.2 Å². The minimum atomic E-state index is -0.143. The molecule has 21 heavy (non-hydrogen) atoms. The summed E-state index contributed by atoms with van der Waals surface area (Å²) in [5.41, 5.74) is 2.15. The van der Waals surface area contributed by atoms with Gasteiger partial charge in [-0.2, -0.15) is 0 Å². The lowest BCUT2D eigenvalue weighted by Crippen LogP contribution is -2.14. The predicted octanol–water partition coefficient (Wildman–Crippen LogP) is 4.49. The van der Waals surface area contributed by atoms with Gasteiger partial charge < -0.3 is 10.6 Å². The lowest BCUT2D eigenvalue weighted by atomic mass is 10.1. The van der Waals surface area contributed by atoms with Crippen LogP contribution in [0.5, 0.6) is 0 Å². The summed E-state index contributed by atoms with van der Waals surface area (Å²) in [5, 5.41) is 6.78. The van der Waals surface area contributed by atoms with E-state index in [4.69, 9.17) is 11.6 Å². The zero-order chi connectivity index (χ0) is 15.1. The number of nitrogens with one attached hydrogen (secondary N) is 2. The van der Waals surface area contributed by atoms with Crippen LogP contribution in [0.1, 0.15) is 17.3 Å². The number of allylic oxidation sites excluding steroid dienone is 1. The number of benzene rings is 2. The van der Waals surface area contributed by atoms with Gasteiger partial charge in [-0.25, -0.2) is 0 Å². The van der Waals surface area contributed by atoms with Crippen molar-refractivity contribution in [1.29, 1.82) is 0 Å². The summed E-state index contributed by atoms with van der Waals surface area (Å²) in [4.78, 5) is 12.3. The first-order valence-corrected chi connectivity index (χ1v) is 7.06. The van der Waals surface area contributed by atoms with Crippen molar-refractivity contribution in [3.05, 3.63) is 71.3 Å². The number of hydrogen-bond acceptors (Lipinski definition) is 2. The van der Waals surface area contributed by atoms with Crippen LogP contribution in [0.2, 0.25) is 0 Å². The van der Waals surface area contributed by atoms with Crippen molar-refractivity contribution in [3.8, 4) is 0 Å². The molecular weight excluding hydrogens is 284 g/mol. The summed E-state index contributed by atoms with van der Waals surface area (Å²) in [7, 11) is 0. The molecule has 0 bridgehead atoms. The van der Waals surface area contributed by atoms with Gasteiger partial charge in [0.25, 0.3) is 5.91 Å². The van der Waals surface area contributed by atoms with E-state index < -0.39 is 0 Å². The summed E-state index contributed by atoms with van der Waals surface area (Å²) in [6.07, 6.45) is 1.85. The molecule has 0 saturated heterocycles. The fourth-order valence-electron chi connectivity index (χ4n) is 1.86. The third-order valence-corrected chi connectivity index (χ3v) is 3.03. The van der Waals surface area contributed by atoms with Crippen LogP contribution in [0, 0.1) is 0 Å². The van der Waals surface area contributed by atoms with Crippen LogP contribution < -0.4 is 10.6 Å². The van der Waals surface area contributed by atoms with E-state index in [-0.39, 0.29) is 5.91 Å². The Hall–Kier alpha value is -2.26. The third kappa shape index (κ3) is 4.65. The summed E-state index contributed by atoms with van der Waals surface area (Å²) in [6, 6.07) is 16.8. The molecule has 0 radical (unpaired) electrons. The van der Waals surface area contributed by atoms with Crippen molar-refractivity contribution in [3.63, 3.8) is 0 Å². The topological polar surface area (TPSA) is 41.1 Å². The Bertz CT molecular complexity index is 634. The second kappa shape index (κ2) is 7.50. The van der Waals surface area contributed by atoms with Gasteiger partial charge in [0.1, 0.15) is 0 Å². The molecule has 0 heterocycles. The van der Waals surface area contributed by atoms with Gasteiger partial charge in [-0.3, -0.25) is 4.79 Å². The van der Waals surface area contributed by atoms with Gasteiger partial charge in [0.15, 0.2) is 0 Å². The molecule has 108 valence electrons. The first kappa shape index (κ1) is 15.1. The van der Waals surface area contributed by atoms with Crippen molar-refractivity contribution in [1.82, 2.24) is 0 Å². The van der Waals surface area contributed by atoms with Crippen molar-refractivity contribution < 1.29 is 4.79 Å². The van der Waals surface area contributed by atoms with Crippen molar-refractivity contribution >= 4 is 28.9 Å². The van der Waals surface area contributed by atoms with E-state index in [9.17, 15) is 4.79 Å². The van der Waals surface area contributed by atoms with Gasteiger partial charge in [0, 0.05) is 23.0 Å². The molecule has 0 spiro atoms. The minimum absolute atomic E-state index is 0.143. The Morgan fingerprint density at radius 1 is 1.10 bits per heavy atom. The number of amides is 1. The highest BCUT2D eigenvalue weighted by Crippen LogP contribution is 2.17. The second-order valence-electron chi connectivity index (χ2n) is 4.54. The molecule has 2 rings (SSSR count). The highest BCUT2D eigenvalue weighted by Gasteiger charge is 2.10. The molecule has 1 amide bonds. The van der Waals surface area contributed by atoms with Gasteiger partial charge in [-0.05, 0) is 31.2 Å². The molecule has 0 saturated carbocycles. The number of hydrogen-bond donors (Lipinski definition) is 2. The van der Waals surface area contributed by atoms with E-state index >= 15 is 0 Å². The fraction of sp³-hybridized carbons (Fsp3) is 0.118. The van der Waals surface area contributed by atoms with Crippen LogP contribution in [0.4, 0.5) is 11.4 Å². The average Bonchev–Trinajstić information content (AvgIpc) is 2.48. The molecule has 0 aliphatic heterocycles. The monoisotopic (exact) mass is 300 g/mol. The lowest BCUT2D eigenvalue weighted by Gasteiger charge is -2.11. The Kier molecular flexibility index (Phi) is 5.41. The van der Waals surface area contributed by atoms with E-state index in [1.54, 1.807) is 6.07 Å². The Morgan fingerprint density at radius 2 is 1.76 bits per heavy atom. The van der Waals surface area contributed by atoms with Crippen LogP contribution in [0.25, 0.3) is 0 Å². The Labute approximate surface area is 129 Å². The zero-order valence-electron chi connectivity index (χ0n) is 11.8. The van der Waals surface area contributed by atoms with Crippen LogP contribution >= 0.6 is 11.6 Å². The van der Waals surface area contributed by atoms with Gasteiger partial charge in [0.2, 0.25) is 0 Å². The Morgan fingerprint density at radius 3 is 2.48 bits per heavy atom. The molecule has 2 aromatic rings. The first-order chi connectivity index (χ1) is 10.2. The fourth-order valence-corrected chi connectivity index (χ4v) is 1.93. The third-order valence-electron chi connectivity index (χ3n) is 2.88. The highest BCUT2D eigenvalue weighted by atomic mass is 35.5. The number of carbonyl (C=O) groups is 1. The molecule has 0 fully saturated rings. The van der Waals surface area contributed by atoms with Crippen LogP contribution in [0.3, 0.4) is 0 Å². The molecule has 3 nitrogen and oxygen atoms in total. The molecule has 4 heteroatoms. The van der Waals surface area contributed by atoms with E-state index in [2.05, 4.69) is 10.6 Å². The Balaban J connectivity index is 2.11. The summed E-state index contributed by atoms with van der Waals surface area (Å²) < 4.78 is 0. The van der Waals surface area contributed by atoms with Crippen molar-refractivity contribution in [2.45, 2.75) is 6.92 Å². The summed E-state index contributed by atoms with van der Waals surface area (Å²) in [6.45, 7) is 2.39. The first-order valence-electron chi connectivity index (χ1n) is 6.68. The zero-order valence-corrected chi connectivity index (χ0v) is 12.5. The molecule has 0 aromatic heterocycles. The van der Waals surface area contributed by atoms with Crippen molar-refractivity contribution in [2.24, 2.45) is 0 Å². The van der Waals surface area contributed by atoms with Crippen LogP contribution in [0.15, 0.2) is 65.7 Å². The van der Waals surface area contributed by atoms with E-state index in [1.807, 2.05) is 61.5 Å². The maximum Gasteiger partial charge on any atom is 0.257 e. The molecule has 0 aliphatic carbocycles. The van der Waals surface area contributed by atoms with E-state index in [0.29, 0.717) is 17.1 Å². The molecule has 0 unspecified atom stereocenters. The molecule has 0 aliphatic rings. The van der Waals surface area contributed by atoms with Gasteiger partial charge in [0.05, 0.1) is 5.56 Å². The molecule has 2 N–H and O–H groups in total. The predicted molar refractivity (Wildman–Crippen MR) is 88.9 cm³/mol. The lowest BCUT2D eigenvalue weighted by molar-refractivity contribution is 0.102. The number of carbonyl (C=O) groups excluding carboxylic acids is 1. The van der Waals surface area contributed by atoms with Crippen LogP contribution in [-0.4, -0.2) is 12.5 Å². The summed E-state index contributed by atoms with van der Waals surface area (Å²) >= 11 is 5.80. The van der Waals surface area contributed by atoms with Gasteiger partial charge in [-0.1, -0.05) is 48.0 Å². The van der Waals surface area contributed by atoms with Gasteiger partial charge >= 0.3 is 0 Å².